The number of fused-ring (bicyclic) bond motifs is 1. The fourth-order valence-electron chi connectivity index (χ4n) is 1.98. The average molecular weight is 305 g/mol. The van der Waals surface area contributed by atoms with E-state index in [4.69, 9.17) is 4.42 Å². The molecule has 1 aromatic heterocycles. The molecule has 8 heteroatoms. The zero-order chi connectivity index (χ0) is 14.8. The van der Waals surface area contributed by atoms with Crippen LogP contribution in [0.3, 0.4) is 0 Å². The Kier molecular flexibility index (Phi) is 3.61. The summed E-state index contributed by atoms with van der Waals surface area (Å²) in [5, 5.41) is 2.41. The van der Waals surface area contributed by atoms with Gasteiger partial charge in [0.2, 0.25) is 5.91 Å². The second kappa shape index (κ2) is 5.57. The van der Waals surface area contributed by atoms with Crippen molar-refractivity contribution < 1.29 is 18.8 Å². The molecule has 1 saturated heterocycles. The van der Waals surface area contributed by atoms with Crippen LogP contribution in [0.2, 0.25) is 0 Å². The number of rotatable bonds is 4. The smallest absolute Gasteiger partial charge is 0.288 e. The number of aromatic nitrogens is 1. The number of hydrogen-bond donors (Lipinski definition) is 1. The quantitative estimate of drug-likeness (QED) is 0.914. The van der Waals surface area contributed by atoms with E-state index in [1.54, 1.807) is 18.2 Å². The molecule has 0 radical (unpaired) electrons. The predicted octanol–water partition coefficient (Wildman–Crippen LogP) is 1.25. The molecule has 1 aliphatic heterocycles. The minimum atomic E-state index is -0.286. The normalized spacial score (nSPS) is 15.0. The van der Waals surface area contributed by atoms with Crippen molar-refractivity contribution in [2.45, 2.75) is 0 Å². The fraction of sp³-hybridized carbons (Fsp3) is 0.231. The Morgan fingerprint density at radius 2 is 2.29 bits per heavy atom. The van der Waals surface area contributed by atoms with Gasteiger partial charge in [0.1, 0.15) is 5.52 Å². The molecule has 1 aromatic carbocycles. The summed E-state index contributed by atoms with van der Waals surface area (Å²) in [4.78, 5) is 39.9. The van der Waals surface area contributed by atoms with Gasteiger partial charge < -0.3 is 9.73 Å². The van der Waals surface area contributed by atoms with Gasteiger partial charge in [0.15, 0.2) is 12.0 Å². The molecular weight excluding hydrogens is 294 g/mol. The number of nitrogens with zero attached hydrogens (tertiary/aromatic N) is 2. The minimum Gasteiger partial charge on any atom is -0.443 e. The number of oxazole rings is 1. The first-order valence-electron chi connectivity index (χ1n) is 6.24. The van der Waals surface area contributed by atoms with E-state index in [1.807, 2.05) is 0 Å². The molecule has 0 unspecified atom stereocenters. The number of benzene rings is 1. The molecule has 0 atom stereocenters. The maximum atomic E-state index is 12.0. The maximum absolute atomic E-state index is 12.0. The SMILES string of the molecule is O=C(NCCN1C(=O)CSC1=O)c1ccc2ocnc2c1. The van der Waals surface area contributed by atoms with Gasteiger partial charge in [0.05, 0.1) is 5.75 Å². The molecule has 0 aliphatic carbocycles. The van der Waals surface area contributed by atoms with Crippen molar-refractivity contribution in [3.63, 3.8) is 0 Å². The summed E-state index contributed by atoms with van der Waals surface area (Å²) in [6.07, 6.45) is 1.31. The number of nitrogens with one attached hydrogen (secondary N) is 1. The zero-order valence-electron chi connectivity index (χ0n) is 10.9. The number of thioether (sulfide) groups is 1. The Morgan fingerprint density at radius 1 is 1.43 bits per heavy atom. The van der Waals surface area contributed by atoms with Crippen LogP contribution in [-0.4, -0.2) is 45.8 Å². The van der Waals surface area contributed by atoms with Crippen molar-refractivity contribution in [1.29, 1.82) is 0 Å². The molecular formula is C13H11N3O4S. The highest BCUT2D eigenvalue weighted by Gasteiger charge is 2.29. The number of imide groups is 1. The van der Waals surface area contributed by atoms with Crippen LogP contribution in [-0.2, 0) is 4.79 Å². The van der Waals surface area contributed by atoms with Crippen molar-refractivity contribution in [2.24, 2.45) is 0 Å². The van der Waals surface area contributed by atoms with E-state index in [0.29, 0.717) is 16.7 Å². The van der Waals surface area contributed by atoms with E-state index < -0.39 is 0 Å². The molecule has 21 heavy (non-hydrogen) atoms. The summed E-state index contributed by atoms with van der Waals surface area (Å²) in [6, 6.07) is 4.92. The van der Waals surface area contributed by atoms with Crippen LogP contribution in [0.15, 0.2) is 29.0 Å². The van der Waals surface area contributed by atoms with Gasteiger partial charge in [0, 0.05) is 18.7 Å². The molecule has 3 rings (SSSR count). The molecule has 0 spiro atoms. The maximum Gasteiger partial charge on any atom is 0.288 e. The highest BCUT2D eigenvalue weighted by Crippen LogP contribution is 2.18. The Labute approximate surface area is 123 Å². The van der Waals surface area contributed by atoms with E-state index in [0.717, 1.165) is 16.7 Å². The standard InChI is InChI=1S/C13H11N3O4S/c17-11-6-21-13(19)16(11)4-3-14-12(18)8-1-2-10-9(5-8)15-7-20-10/h1-2,5,7H,3-4,6H2,(H,14,18). The van der Waals surface area contributed by atoms with Crippen molar-refractivity contribution in [3.8, 4) is 0 Å². The summed E-state index contributed by atoms with van der Waals surface area (Å²) in [7, 11) is 0. The van der Waals surface area contributed by atoms with Gasteiger partial charge in [-0.15, -0.1) is 0 Å². The lowest BCUT2D eigenvalue weighted by molar-refractivity contribution is -0.124. The minimum absolute atomic E-state index is 0.176. The van der Waals surface area contributed by atoms with Gasteiger partial charge in [-0.2, -0.15) is 0 Å². The van der Waals surface area contributed by atoms with Gasteiger partial charge in [-0.3, -0.25) is 19.3 Å². The van der Waals surface area contributed by atoms with Crippen LogP contribution in [0.4, 0.5) is 4.79 Å². The summed E-state index contributed by atoms with van der Waals surface area (Å²) in [5.41, 5.74) is 1.66. The monoisotopic (exact) mass is 305 g/mol. The van der Waals surface area contributed by atoms with E-state index in [9.17, 15) is 14.4 Å². The van der Waals surface area contributed by atoms with E-state index in [1.165, 1.54) is 6.39 Å². The van der Waals surface area contributed by atoms with Crippen molar-refractivity contribution in [1.82, 2.24) is 15.2 Å². The van der Waals surface area contributed by atoms with Gasteiger partial charge in [-0.1, -0.05) is 11.8 Å². The lowest BCUT2D eigenvalue weighted by Gasteiger charge is -2.13. The second-order valence-corrected chi connectivity index (χ2v) is 5.32. The van der Waals surface area contributed by atoms with Gasteiger partial charge in [0.25, 0.3) is 11.1 Å². The van der Waals surface area contributed by atoms with Crippen LogP contribution < -0.4 is 5.32 Å². The zero-order valence-corrected chi connectivity index (χ0v) is 11.7. The van der Waals surface area contributed by atoms with Crippen molar-refractivity contribution in [2.75, 3.05) is 18.8 Å². The molecule has 7 nitrogen and oxygen atoms in total. The van der Waals surface area contributed by atoms with Crippen molar-refractivity contribution in [3.05, 3.63) is 30.2 Å². The molecule has 2 aromatic rings. The summed E-state index contributed by atoms with van der Waals surface area (Å²) in [6.45, 7) is 0.399. The number of carbonyl (C=O) groups is 3. The third-order valence-electron chi connectivity index (χ3n) is 3.05. The Morgan fingerprint density at radius 3 is 3.05 bits per heavy atom. The second-order valence-electron chi connectivity index (χ2n) is 4.39. The molecule has 1 aliphatic rings. The molecule has 1 fully saturated rings. The number of amides is 3. The van der Waals surface area contributed by atoms with Crippen LogP contribution in [0.5, 0.6) is 0 Å². The lowest BCUT2D eigenvalue weighted by Crippen LogP contribution is -2.37. The highest BCUT2D eigenvalue weighted by atomic mass is 32.2. The third-order valence-corrected chi connectivity index (χ3v) is 3.91. The molecule has 0 saturated carbocycles. The summed E-state index contributed by atoms with van der Waals surface area (Å²) >= 11 is 0.977. The topological polar surface area (TPSA) is 92.5 Å². The lowest BCUT2D eigenvalue weighted by atomic mass is 10.2. The molecule has 0 bridgehead atoms. The Balaban J connectivity index is 1.58. The Bertz CT molecular complexity index is 711. The summed E-state index contributed by atoms with van der Waals surface area (Å²) in [5.74, 6) is -0.329. The molecule has 1 N–H and O–H groups in total. The predicted molar refractivity (Wildman–Crippen MR) is 75.9 cm³/mol. The third kappa shape index (κ3) is 2.75. The molecule has 2 heterocycles. The molecule has 108 valence electrons. The number of hydrogen-bond acceptors (Lipinski definition) is 6. The first-order chi connectivity index (χ1) is 10.1. The van der Waals surface area contributed by atoms with Gasteiger partial charge >= 0.3 is 0 Å². The first kappa shape index (κ1) is 13.6. The van der Waals surface area contributed by atoms with E-state index in [2.05, 4.69) is 10.3 Å². The highest BCUT2D eigenvalue weighted by molar-refractivity contribution is 8.14. The summed E-state index contributed by atoms with van der Waals surface area (Å²) < 4.78 is 5.10. The van der Waals surface area contributed by atoms with Crippen LogP contribution >= 0.6 is 11.8 Å². The largest absolute Gasteiger partial charge is 0.443 e. The Hall–Kier alpha value is -2.35. The van der Waals surface area contributed by atoms with Crippen LogP contribution in [0.1, 0.15) is 10.4 Å². The van der Waals surface area contributed by atoms with E-state index in [-0.39, 0.29) is 35.9 Å². The molecule has 3 amide bonds. The van der Waals surface area contributed by atoms with Crippen molar-refractivity contribution >= 4 is 39.9 Å². The fourth-order valence-corrected chi connectivity index (χ4v) is 2.73. The van der Waals surface area contributed by atoms with Crippen LogP contribution in [0, 0.1) is 0 Å². The van der Waals surface area contributed by atoms with E-state index >= 15 is 0 Å². The van der Waals surface area contributed by atoms with Gasteiger partial charge in [-0.25, -0.2) is 4.98 Å². The average Bonchev–Trinajstić information content (AvgIpc) is 3.07. The number of carbonyl (C=O) groups excluding carboxylic acids is 3. The van der Waals surface area contributed by atoms with Gasteiger partial charge in [-0.05, 0) is 18.2 Å². The van der Waals surface area contributed by atoms with Crippen LogP contribution in [0.25, 0.3) is 11.1 Å². The first-order valence-corrected chi connectivity index (χ1v) is 7.22.